The molecule has 9 heteroatoms. The number of nitrogens with zero attached hydrogens (tertiary/aromatic N) is 1. The molecule has 33 heavy (non-hydrogen) atoms. The molecule has 0 radical (unpaired) electrons. The standard InChI is InChI=1S/C24H27N3O5S/c1-16-9-10-19(13-17(16)2)24(18-7-5-4-6-8-18)21(29)27(22(30)26-24)14-20(28)25-23(3)11-12-33(31,32)15-23/h4-10,13H,11-12,14-15H2,1-3H3,(H,25,28)(H,26,30)/t23-,24+/m1/s1. The first-order valence-electron chi connectivity index (χ1n) is 10.7. The molecule has 2 aromatic rings. The average Bonchev–Trinajstić information content (AvgIpc) is 3.17. The van der Waals surface area contributed by atoms with E-state index < -0.39 is 45.3 Å². The first-order valence-corrected chi connectivity index (χ1v) is 12.6. The molecule has 4 rings (SSSR count). The average molecular weight is 470 g/mol. The second-order valence-electron chi connectivity index (χ2n) is 9.19. The molecule has 2 heterocycles. The number of aryl methyl sites for hydroxylation is 2. The highest BCUT2D eigenvalue weighted by Gasteiger charge is 2.54. The van der Waals surface area contributed by atoms with E-state index in [9.17, 15) is 22.8 Å². The maximum absolute atomic E-state index is 13.8. The summed E-state index contributed by atoms with van der Waals surface area (Å²) in [5.41, 5.74) is 0.832. The van der Waals surface area contributed by atoms with Gasteiger partial charge in [-0.05, 0) is 49.4 Å². The minimum absolute atomic E-state index is 0.00317. The van der Waals surface area contributed by atoms with Crippen molar-refractivity contribution in [2.45, 2.75) is 38.3 Å². The molecule has 0 aliphatic carbocycles. The van der Waals surface area contributed by atoms with Gasteiger partial charge in [0.15, 0.2) is 15.4 Å². The van der Waals surface area contributed by atoms with Crippen LogP contribution in [0.5, 0.6) is 0 Å². The van der Waals surface area contributed by atoms with Crippen molar-refractivity contribution in [3.63, 3.8) is 0 Å². The lowest BCUT2D eigenvalue weighted by Gasteiger charge is -2.29. The number of urea groups is 1. The quantitative estimate of drug-likeness (QED) is 0.649. The number of rotatable bonds is 5. The van der Waals surface area contributed by atoms with Gasteiger partial charge in [-0.1, -0.05) is 48.5 Å². The van der Waals surface area contributed by atoms with E-state index in [-0.39, 0.29) is 17.9 Å². The highest BCUT2D eigenvalue weighted by Crippen LogP contribution is 2.37. The van der Waals surface area contributed by atoms with Crippen molar-refractivity contribution in [3.05, 3.63) is 70.8 Å². The Morgan fingerprint density at radius 3 is 2.36 bits per heavy atom. The molecule has 174 valence electrons. The molecule has 0 bridgehead atoms. The summed E-state index contributed by atoms with van der Waals surface area (Å²) in [4.78, 5) is 40.4. The monoisotopic (exact) mass is 469 g/mol. The van der Waals surface area contributed by atoms with Gasteiger partial charge in [0.05, 0.1) is 17.0 Å². The topological polar surface area (TPSA) is 113 Å². The molecule has 8 nitrogen and oxygen atoms in total. The summed E-state index contributed by atoms with van der Waals surface area (Å²) in [5, 5.41) is 5.54. The molecular weight excluding hydrogens is 442 g/mol. The number of carbonyl (C=O) groups is 3. The summed E-state index contributed by atoms with van der Waals surface area (Å²) in [5.74, 6) is -1.30. The van der Waals surface area contributed by atoms with E-state index in [1.807, 2.05) is 38.1 Å². The van der Waals surface area contributed by atoms with Crippen molar-refractivity contribution in [2.24, 2.45) is 0 Å². The van der Waals surface area contributed by atoms with Gasteiger partial charge in [-0.3, -0.25) is 14.5 Å². The Kier molecular flexibility index (Phi) is 5.56. The molecule has 2 N–H and O–H groups in total. The lowest BCUT2D eigenvalue weighted by Crippen LogP contribution is -2.51. The maximum Gasteiger partial charge on any atom is 0.326 e. The summed E-state index contributed by atoms with van der Waals surface area (Å²) in [7, 11) is -3.22. The first-order chi connectivity index (χ1) is 15.5. The molecule has 0 aromatic heterocycles. The Morgan fingerprint density at radius 1 is 1.06 bits per heavy atom. The van der Waals surface area contributed by atoms with Crippen LogP contribution in [0.1, 0.15) is 35.6 Å². The summed E-state index contributed by atoms with van der Waals surface area (Å²) >= 11 is 0. The SMILES string of the molecule is Cc1ccc([C@]2(c3ccccc3)NC(=O)N(CC(=O)N[C@]3(C)CCS(=O)(=O)C3)C2=O)cc1C. The molecule has 2 atom stereocenters. The van der Waals surface area contributed by atoms with Gasteiger partial charge >= 0.3 is 6.03 Å². The molecule has 4 amide bonds. The molecular formula is C24H27N3O5S. The van der Waals surface area contributed by atoms with Gasteiger partial charge in [0.25, 0.3) is 5.91 Å². The van der Waals surface area contributed by atoms with Crippen LogP contribution in [0.25, 0.3) is 0 Å². The number of imide groups is 1. The largest absolute Gasteiger partial charge is 0.348 e. The van der Waals surface area contributed by atoms with Crippen molar-refractivity contribution < 1.29 is 22.8 Å². The summed E-state index contributed by atoms with van der Waals surface area (Å²) in [6.45, 7) is 5.05. The van der Waals surface area contributed by atoms with Crippen molar-refractivity contribution in [1.82, 2.24) is 15.5 Å². The highest BCUT2D eigenvalue weighted by atomic mass is 32.2. The van der Waals surface area contributed by atoms with Crippen molar-refractivity contribution in [3.8, 4) is 0 Å². The molecule has 2 aliphatic heterocycles. The molecule has 0 saturated carbocycles. The third-order valence-corrected chi connectivity index (χ3v) is 8.40. The predicted molar refractivity (Wildman–Crippen MR) is 123 cm³/mol. The number of benzene rings is 2. The zero-order chi connectivity index (χ0) is 24.0. The molecule has 2 aromatic carbocycles. The third-order valence-electron chi connectivity index (χ3n) is 6.50. The number of hydrogen-bond acceptors (Lipinski definition) is 5. The minimum atomic E-state index is -3.22. The van der Waals surface area contributed by atoms with E-state index in [2.05, 4.69) is 10.6 Å². The van der Waals surface area contributed by atoms with Gasteiger partial charge in [0.1, 0.15) is 6.54 Å². The zero-order valence-corrected chi connectivity index (χ0v) is 19.7. The molecule has 0 unspecified atom stereocenters. The van der Waals surface area contributed by atoms with Gasteiger partial charge in [0.2, 0.25) is 5.91 Å². The van der Waals surface area contributed by atoms with Crippen LogP contribution in [-0.2, 0) is 25.0 Å². The molecule has 2 aliphatic rings. The summed E-state index contributed by atoms with van der Waals surface area (Å²) in [6.07, 6.45) is 0.289. The fourth-order valence-electron chi connectivity index (χ4n) is 4.57. The summed E-state index contributed by atoms with van der Waals surface area (Å²) in [6, 6.07) is 13.8. The number of amides is 4. The van der Waals surface area contributed by atoms with Gasteiger partial charge in [0, 0.05) is 0 Å². The Balaban J connectivity index is 1.66. The Bertz CT molecular complexity index is 1240. The molecule has 0 spiro atoms. The van der Waals surface area contributed by atoms with E-state index in [1.54, 1.807) is 31.2 Å². The van der Waals surface area contributed by atoms with Crippen molar-refractivity contribution >= 4 is 27.7 Å². The van der Waals surface area contributed by atoms with Crippen LogP contribution in [0.15, 0.2) is 48.5 Å². The maximum atomic E-state index is 13.8. The minimum Gasteiger partial charge on any atom is -0.348 e. The van der Waals surface area contributed by atoms with Crippen molar-refractivity contribution in [1.29, 1.82) is 0 Å². The zero-order valence-electron chi connectivity index (χ0n) is 18.8. The lowest BCUT2D eigenvalue weighted by atomic mass is 9.81. The highest BCUT2D eigenvalue weighted by molar-refractivity contribution is 7.91. The van der Waals surface area contributed by atoms with Crippen LogP contribution < -0.4 is 10.6 Å². The number of sulfone groups is 1. The van der Waals surface area contributed by atoms with Crippen LogP contribution in [-0.4, -0.2) is 54.8 Å². The third kappa shape index (κ3) is 4.13. The van der Waals surface area contributed by atoms with Crippen LogP contribution in [0.4, 0.5) is 4.79 Å². The van der Waals surface area contributed by atoms with Crippen LogP contribution in [0.3, 0.4) is 0 Å². The van der Waals surface area contributed by atoms with Gasteiger partial charge < -0.3 is 10.6 Å². The smallest absolute Gasteiger partial charge is 0.326 e. The fourth-order valence-corrected chi connectivity index (χ4v) is 6.66. The van der Waals surface area contributed by atoms with Gasteiger partial charge in [-0.15, -0.1) is 0 Å². The Hall–Kier alpha value is -3.20. The summed E-state index contributed by atoms with van der Waals surface area (Å²) < 4.78 is 23.7. The Labute approximate surface area is 193 Å². The predicted octanol–water partition coefficient (Wildman–Crippen LogP) is 1.79. The molecule has 2 saturated heterocycles. The first kappa shape index (κ1) is 23.0. The van der Waals surface area contributed by atoms with Gasteiger partial charge in [-0.2, -0.15) is 0 Å². The fraction of sp³-hybridized carbons (Fsp3) is 0.375. The lowest BCUT2D eigenvalue weighted by molar-refractivity contribution is -0.134. The van der Waals surface area contributed by atoms with E-state index in [1.165, 1.54) is 0 Å². The van der Waals surface area contributed by atoms with E-state index in [0.29, 0.717) is 11.1 Å². The number of nitrogens with one attached hydrogen (secondary N) is 2. The second kappa shape index (κ2) is 7.98. The van der Waals surface area contributed by atoms with Crippen molar-refractivity contribution in [2.75, 3.05) is 18.1 Å². The normalized spacial score (nSPS) is 26.3. The second-order valence-corrected chi connectivity index (χ2v) is 11.4. The molecule has 2 fully saturated rings. The van der Waals surface area contributed by atoms with Gasteiger partial charge in [-0.25, -0.2) is 13.2 Å². The van der Waals surface area contributed by atoms with E-state index in [0.717, 1.165) is 16.0 Å². The van der Waals surface area contributed by atoms with Crippen LogP contribution in [0, 0.1) is 13.8 Å². The van der Waals surface area contributed by atoms with E-state index in [4.69, 9.17) is 0 Å². The number of carbonyl (C=O) groups excluding carboxylic acids is 3. The van der Waals surface area contributed by atoms with E-state index >= 15 is 0 Å². The number of hydrogen-bond donors (Lipinski definition) is 2. The van der Waals surface area contributed by atoms with Crippen LogP contribution >= 0.6 is 0 Å². The van der Waals surface area contributed by atoms with Crippen LogP contribution in [0.2, 0.25) is 0 Å². The Morgan fingerprint density at radius 2 is 1.76 bits per heavy atom.